The molecule has 0 radical (unpaired) electrons. The van der Waals surface area contributed by atoms with E-state index in [1.54, 1.807) is 30.3 Å². The molecule has 2 atom stereocenters. The minimum absolute atomic E-state index is 0.130. The van der Waals surface area contributed by atoms with Crippen LogP contribution in [-0.4, -0.2) is 47.3 Å². The average molecular weight is 574 g/mol. The third kappa shape index (κ3) is 7.35. The first-order valence-electron chi connectivity index (χ1n) is 14.0. The number of para-hydroxylation sites is 1. The summed E-state index contributed by atoms with van der Waals surface area (Å²) in [4.78, 5) is 47.5. The van der Waals surface area contributed by atoms with Gasteiger partial charge in [-0.15, -0.1) is 0 Å². The summed E-state index contributed by atoms with van der Waals surface area (Å²) in [5.74, 6) is -3.76. The third-order valence-corrected chi connectivity index (χ3v) is 7.31. The van der Waals surface area contributed by atoms with Gasteiger partial charge in [0.2, 0.25) is 12.3 Å². The summed E-state index contributed by atoms with van der Waals surface area (Å²) >= 11 is 0. The molecule has 3 aromatic rings. The monoisotopic (exact) mass is 573 g/mol. The molecule has 1 aliphatic rings. The highest BCUT2D eigenvalue weighted by molar-refractivity contribution is 6.06. The van der Waals surface area contributed by atoms with Crippen molar-refractivity contribution in [2.75, 3.05) is 9.80 Å². The standard InChI is InChI=1S/C32H33F2N5O3/c1-2-9-28(38(22-40)29-18-24(21-35)16-17-36-29)31(42)39(26-12-7-4-8-13-26)27(15-14-23-10-5-3-6-11-23)30(41)37-25-19-32(33,34)20-25/h3-8,10-13,16-18,22,25,27-28H,2,9,14-15,19-20H2,1H3,(H,37,41)/t27?,28-/m0/s1. The zero-order valence-electron chi connectivity index (χ0n) is 23.3. The Morgan fingerprint density at radius 2 is 1.74 bits per heavy atom. The number of aromatic nitrogens is 1. The van der Waals surface area contributed by atoms with Gasteiger partial charge < -0.3 is 5.32 Å². The van der Waals surface area contributed by atoms with Crippen LogP contribution < -0.4 is 15.1 Å². The molecule has 218 valence electrons. The van der Waals surface area contributed by atoms with Crippen molar-refractivity contribution >= 4 is 29.7 Å². The van der Waals surface area contributed by atoms with E-state index in [1.165, 1.54) is 28.1 Å². The van der Waals surface area contributed by atoms with E-state index in [4.69, 9.17) is 0 Å². The van der Waals surface area contributed by atoms with Gasteiger partial charge in [-0.3, -0.25) is 24.2 Å². The second-order valence-corrected chi connectivity index (χ2v) is 10.4. The van der Waals surface area contributed by atoms with Crippen molar-refractivity contribution < 1.29 is 23.2 Å². The lowest BCUT2D eigenvalue weighted by Gasteiger charge is -2.39. The molecule has 42 heavy (non-hydrogen) atoms. The molecule has 1 aromatic heterocycles. The quantitative estimate of drug-likeness (QED) is 0.289. The number of carbonyl (C=O) groups is 3. The second kappa shape index (κ2) is 13.8. The fourth-order valence-corrected chi connectivity index (χ4v) is 5.17. The molecule has 0 saturated heterocycles. The van der Waals surface area contributed by atoms with Crippen LogP contribution in [-0.2, 0) is 20.8 Å². The molecule has 1 N–H and O–H groups in total. The Morgan fingerprint density at radius 1 is 1.07 bits per heavy atom. The van der Waals surface area contributed by atoms with Gasteiger partial charge in [0.1, 0.15) is 17.9 Å². The van der Waals surface area contributed by atoms with E-state index in [-0.39, 0.29) is 24.2 Å². The highest BCUT2D eigenvalue weighted by atomic mass is 19.3. The molecule has 0 bridgehead atoms. The SMILES string of the molecule is CCC[C@@H](C(=O)N(c1ccccc1)C(CCc1ccccc1)C(=O)NC1CC(F)(F)C1)N(C=O)c1cc(C#N)ccn1. The Balaban J connectivity index is 1.74. The number of nitriles is 1. The third-order valence-electron chi connectivity index (χ3n) is 7.31. The topological polar surface area (TPSA) is 106 Å². The van der Waals surface area contributed by atoms with Crippen LogP contribution in [0.25, 0.3) is 0 Å². The van der Waals surface area contributed by atoms with E-state index in [0.29, 0.717) is 24.9 Å². The summed E-state index contributed by atoms with van der Waals surface area (Å²) in [7, 11) is 0. The maximum atomic E-state index is 14.5. The molecule has 1 aliphatic carbocycles. The number of benzene rings is 2. The van der Waals surface area contributed by atoms with E-state index in [9.17, 15) is 28.4 Å². The van der Waals surface area contributed by atoms with Crippen LogP contribution in [0.15, 0.2) is 79.0 Å². The van der Waals surface area contributed by atoms with Crippen LogP contribution in [0.3, 0.4) is 0 Å². The average Bonchev–Trinajstić information content (AvgIpc) is 2.99. The molecular weight excluding hydrogens is 540 g/mol. The Labute approximate surface area is 244 Å². The normalized spacial score (nSPS) is 15.4. The predicted molar refractivity (Wildman–Crippen MR) is 155 cm³/mol. The summed E-state index contributed by atoms with van der Waals surface area (Å²) in [5.41, 5.74) is 1.65. The Hall–Kier alpha value is -4.65. The van der Waals surface area contributed by atoms with Crippen LogP contribution in [0.5, 0.6) is 0 Å². The summed E-state index contributed by atoms with van der Waals surface area (Å²) in [6.07, 6.45) is 2.40. The molecule has 1 fully saturated rings. The van der Waals surface area contributed by atoms with E-state index in [2.05, 4.69) is 10.3 Å². The smallest absolute Gasteiger partial charge is 0.252 e. The number of nitrogens with zero attached hydrogens (tertiary/aromatic N) is 4. The Bertz CT molecular complexity index is 1410. The summed E-state index contributed by atoms with van der Waals surface area (Å²) in [5, 5.41) is 12.1. The van der Waals surface area contributed by atoms with Gasteiger partial charge in [0, 0.05) is 30.8 Å². The molecule has 10 heteroatoms. The minimum atomic E-state index is -2.83. The number of amides is 3. The molecule has 1 unspecified atom stereocenters. The maximum Gasteiger partial charge on any atom is 0.252 e. The predicted octanol–water partition coefficient (Wildman–Crippen LogP) is 5.03. The first-order chi connectivity index (χ1) is 20.3. The van der Waals surface area contributed by atoms with Crippen LogP contribution in [0.1, 0.15) is 50.2 Å². The van der Waals surface area contributed by atoms with E-state index in [1.807, 2.05) is 43.3 Å². The van der Waals surface area contributed by atoms with Crippen molar-refractivity contribution in [3.8, 4) is 6.07 Å². The van der Waals surface area contributed by atoms with E-state index >= 15 is 0 Å². The fourth-order valence-electron chi connectivity index (χ4n) is 5.17. The Kier molecular flexibility index (Phi) is 9.97. The van der Waals surface area contributed by atoms with Gasteiger partial charge in [0.25, 0.3) is 11.8 Å². The largest absolute Gasteiger partial charge is 0.351 e. The van der Waals surface area contributed by atoms with Crippen LogP contribution in [0.4, 0.5) is 20.3 Å². The Morgan fingerprint density at radius 3 is 2.33 bits per heavy atom. The lowest BCUT2D eigenvalue weighted by atomic mass is 9.87. The van der Waals surface area contributed by atoms with Gasteiger partial charge in [-0.25, -0.2) is 13.8 Å². The highest BCUT2D eigenvalue weighted by Gasteiger charge is 2.47. The highest BCUT2D eigenvalue weighted by Crippen LogP contribution is 2.37. The van der Waals surface area contributed by atoms with Gasteiger partial charge in [0.15, 0.2) is 0 Å². The number of hydrogen-bond donors (Lipinski definition) is 1. The fraction of sp³-hybridized carbons (Fsp3) is 0.344. The number of carbonyl (C=O) groups excluding carboxylic acids is 3. The molecule has 0 spiro atoms. The molecule has 1 heterocycles. The number of alkyl halides is 2. The maximum absolute atomic E-state index is 14.5. The molecule has 2 aromatic carbocycles. The number of rotatable bonds is 13. The van der Waals surface area contributed by atoms with Gasteiger partial charge in [0.05, 0.1) is 11.6 Å². The van der Waals surface area contributed by atoms with Crippen molar-refractivity contribution in [3.63, 3.8) is 0 Å². The van der Waals surface area contributed by atoms with Crippen molar-refractivity contribution in [3.05, 3.63) is 90.1 Å². The number of pyridine rings is 1. The van der Waals surface area contributed by atoms with Crippen LogP contribution in [0, 0.1) is 11.3 Å². The van der Waals surface area contributed by atoms with Crippen molar-refractivity contribution in [1.82, 2.24) is 10.3 Å². The molecule has 8 nitrogen and oxygen atoms in total. The molecule has 3 amide bonds. The number of halogens is 2. The van der Waals surface area contributed by atoms with Crippen LogP contribution >= 0.6 is 0 Å². The number of aryl methyl sites for hydroxylation is 1. The first kappa shape index (κ1) is 30.3. The molecule has 1 saturated carbocycles. The van der Waals surface area contributed by atoms with Crippen molar-refractivity contribution in [2.45, 2.75) is 69.5 Å². The van der Waals surface area contributed by atoms with Gasteiger partial charge >= 0.3 is 0 Å². The number of nitrogens with one attached hydrogen (secondary N) is 1. The number of hydrogen-bond acceptors (Lipinski definition) is 5. The summed E-state index contributed by atoms with van der Waals surface area (Å²) in [6, 6.07) is 20.2. The molecule has 0 aliphatic heterocycles. The van der Waals surface area contributed by atoms with E-state index in [0.717, 1.165) is 5.56 Å². The zero-order chi connectivity index (χ0) is 30.1. The summed E-state index contributed by atoms with van der Waals surface area (Å²) < 4.78 is 27.2. The van der Waals surface area contributed by atoms with Crippen molar-refractivity contribution in [1.29, 1.82) is 5.26 Å². The van der Waals surface area contributed by atoms with E-state index < -0.39 is 48.7 Å². The second-order valence-electron chi connectivity index (χ2n) is 10.4. The van der Waals surface area contributed by atoms with Crippen molar-refractivity contribution in [2.24, 2.45) is 0 Å². The van der Waals surface area contributed by atoms with Crippen LogP contribution in [0.2, 0.25) is 0 Å². The van der Waals surface area contributed by atoms with Gasteiger partial charge in [-0.05, 0) is 49.1 Å². The molecule has 4 rings (SSSR count). The lowest BCUT2D eigenvalue weighted by molar-refractivity contribution is -0.133. The zero-order valence-corrected chi connectivity index (χ0v) is 23.3. The minimum Gasteiger partial charge on any atom is -0.351 e. The van der Waals surface area contributed by atoms with Gasteiger partial charge in [-0.1, -0.05) is 61.9 Å². The van der Waals surface area contributed by atoms with Gasteiger partial charge in [-0.2, -0.15) is 5.26 Å². The lowest BCUT2D eigenvalue weighted by Crippen LogP contribution is -2.59. The molecular formula is C32H33F2N5O3. The summed E-state index contributed by atoms with van der Waals surface area (Å²) in [6.45, 7) is 1.87. The number of anilines is 2. The first-order valence-corrected chi connectivity index (χ1v) is 14.0.